The van der Waals surface area contributed by atoms with E-state index in [0.717, 1.165) is 11.6 Å². The molecule has 0 saturated carbocycles. The molecule has 0 aliphatic carbocycles. The summed E-state index contributed by atoms with van der Waals surface area (Å²) in [4.78, 5) is 32.6. The average molecular weight is 389 g/mol. The first-order valence-corrected chi connectivity index (χ1v) is 9.30. The Labute approximate surface area is 166 Å². The molecule has 0 saturated heterocycles. The second-order valence-corrected chi connectivity index (χ2v) is 7.75. The Morgan fingerprint density at radius 1 is 1.07 bits per heavy atom. The second kappa shape index (κ2) is 7.13. The van der Waals surface area contributed by atoms with Gasteiger partial charge in [-0.05, 0) is 62.2 Å². The zero-order chi connectivity index (χ0) is 20.6. The minimum Gasteiger partial charge on any atom is -0.354 e. The number of halogens is 1. The molecule has 0 aliphatic rings. The average Bonchev–Trinajstić information content (AvgIpc) is 2.68. The molecule has 1 amide bonds. The molecule has 2 aromatic heterocycles. The summed E-state index contributed by atoms with van der Waals surface area (Å²) >= 11 is 0. The van der Waals surface area contributed by atoms with Crippen molar-refractivity contribution in [2.75, 3.05) is 0 Å². The lowest BCUT2D eigenvalue weighted by molar-refractivity contribution is 0.0909. The van der Waals surface area contributed by atoms with Crippen LogP contribution in [-0.2, 0) is 6.42 Å². The predicted octanol–water partition coefficient (Wildman–Crippen LogP) is 3.97. The number of nitrogens with one attached hydrogen (secondary N) is 2. The lowest BCUT2D eigenvalue weighted by atomic mass is 9.95. The van der Waals surface area contributed by atoms with E-state index < -0.39 is 17.3 Å². The van der Waals surface area contributed by atoms with Crippen molar-refractivity contribution in [3.63, 3.8) is 0 Å². The molecule has 0 aliphatic heterocycles. The molecular weight excluding hydrogens is 369 g/mol. The maximum Gasteiger partial charge on any atom is 0.254 e. The van der Waals surface area contributed by atoms with Gasteiger partial charge >= 0.3 is 0 Å². The van der Waals surface area contributed by atoms with E-state index in [2.05, 4.69) is 15.3 Å². The van der Waals surface area contributed by atoms with E-state index in [9.17, 15) is 14.0 Å². The fraction of sp³-hybridized carbons (Fsp3) is 0.174. The van der Waals surface area contributed by atoms with Crippen molar-refractivity contribution in [1.29, 1.82) is 0 Å². The molecule has 2 heterocycles. The Kier molecular flexibility index (Phi) is 4.62. The first kappa shape index (κ1) is 18.8. The minimum atomic E-state index is -0.726. The lowest BCUT2D eigenvalue weighted by Crippen LogP contribution is -2.45. The molecule has 5 nitrogen and oxygen atoms in total. The molecule has 146 valence electrons. The number of aromatic amines is 1. The molecule has 0 atom stereocenters. The molecule has 4 aromatic rings. The lowest BCUT2D eigenvalue weighted by Gasteiger charge is -2.26. The molecule has 0 radical (unpaired) electrons. The molecule has 0 bridgehead atoms. The Bertz CT molecular complexity index is 1280. The van der Waals surface area contributed by atoms with Crippen LogP contribution in [0.15, 0.2) is 65.7 Å². The van der Waals surface area contributed by atoms with Gasteiger partial charge in [-0.15, -0.1) is 0 Å². The summed E-state index contributed by atoms with van der Waals surface area (Å²) in [6.45, 7) is 3.75. The number of rotatable bonds is 4. The van der Waals surface area contributed by atoms with Gasteiger partial charge in [-0.1, -0.05) is 12.1 Å². The van der Waals surface area contributed by atoms with E-state index in [1.165, 1.54) is 6.07 Å². The van der Waals surface area contributed by atoms with Crippen LogP contribution in [0.5, 0.6) is 0 Å². The summed E-state index contributed by atoms with van der Waals surface area (Å²) < 4.78 is 14.7. The molecule has 0 unspecified atom stereocenters. The number of amides is 1. The first-order chi connectivity index (χ1) is 13.8. The Hall–Kier alpha value is -3.54. The van der Waals surface area contributed by atoms with Crippen LogP contribution < -0.4 is 10.7 Å². The molecule has 2 aromatic carbocycles. The van der Waals surface area contributed by atoms with Crippen LogP contribution in [0.25, 0.3) is 21.8 Å². The number of carbonyl (C=O) groups excluding carboxylic acids is 1. The van der Waals surface area contributed by atoms with Gasteiger partial charge in [0.15, 0.2) is 5.43 Å². The highest BCUT2D eigenvalue weighted by molar-refractivity contribution is 6.00. The van der Waals surface area contributed by atoms with Gasteiger partial charge in [0, 0.05) is 34.2 Å². The minimum absolute atomic E-state index is 0.105. The maximum absolute atomic E-state index is 14.7. The highest BCUT2D eigenvalue weighted by atomic mass is 19.1. The summed E-state index contributed by atoms with van der Waals surface area (Å²) in [5.74, 6) is -1.26. The monoisotopic (exact) mass is 389 g/mol. The molecule has 4 rings (SSSR count). The van der Waals surface area contributed by atoms with E-state index >= 15 is 0 Å². The number of carbonyl (C=O) groups is 1. The van der Waals surface area contributed by atoms with Gasteiger partial charge < -0.3 is 10.3 Å². The number of H-pyrrole nitrogens is 1. The number of benzene rings is 2. The maximum atomic E-state index is 14.7. The van der Waals surface area contributed by atoms with Crippen LogP contribution in [0, 0.1) is 5.82 Å². The number of pyridine rings is 2. The SMILES string of the molecule is CC(C)(Cc1ccncc1)NC(=O)c1cc2[nH]c3ccccc3c(=O)c2cc1F. The van der Waals surface area contributed by atoms with E-state index in [4.69, 9.17) is 0 Å². The van der Waals surface area contributed by atoms with Gasteiger partial charge in [-0.3, -0.25) is 14.6 Å². The predicted molar refractivity (Wildman–Crippen MR) is 112 cm³/mol. The number of fused-ring (bicyclic) bond motifs is 2. The molecule has 2 N–H and O–H groups in total. The summed E-state index contributed by atoms with van der Waals surface area (Å²) in [6.07, 6.45) is 3.95. The van der Waals surface area contributed by atoms with E-state index in [0.29, 0.717) is 22.8 Å². The standard InChI is InChI=1S/C23H20FN3O2/c1-23(2,13-14-7-9-25-10-8-14)27-22(29)16-12-20-17(11-18(16)24)21(28)15-5-3-4-6-19(15)26-20/h3-12H,13H2,1-2H3,(H,26,28)(H,27,29). The number of hydrogen-bond acceptors (Lipinski definition) is 3. The van der Waals surface area contributed by atoms with Crippen molar-refractivity contribution in [3.8, 4) is 0 Å². The fourth-order valence-electron chi connectivity index (χ4n) is 3.55. The number of hydrogen-bond donors (Lipinski definition) is 2. The normalized spacial score (nSPS) is 11.7. The first-order valence-electron chi connectivity index (χ1n) is 9.30. The van der Waals surface area contributed by atoms with Crippen molar-refractivity contribution >= 4 is 27.7 Å². The van der Waals surface area contributed by atoms with Crippen molar-refractivity contribution < 1.29 is 9.18 Å². The highest BCUT2D eigenvalue weighted by Crippen LogP contribution is 2.20. The summed E-state index contributed by atoms with van der Waals surface area (Å²) in [6, 6.07) is 13.3. The molecule has 0 fully saturated rings. The van der Waals surface area contributed by atoms with Crippen LogP contribution >= 0.6 is 0 Å². The smallest absolute Gasteiger partial charge is 0.254 e. The van der Waals surface area contributed by atoms with Crippen molar-refractivity contribution in [2.24, 2.45) is 0 Å². The van der Waals surface area contributed by atoms with Gasteiger partial charge in [-0.25, -0.2) is 4.39 Å². The zero-order valence-electron chi connectivity index (χ0n) is 16.1. The Morgan fingerprint density at radius 2 is 1.79 bits per heavy atom. The third-order valence-electron chi connectivity index (χ3n) is 4.88. The molecule has 0 spiro atoms. The van der Waals surface area contributed by atoms with Crippen LogP contribution in [0.4, 0.5) is 4.39 Å². The summed E-state index contributed by atoms with van der Waals surface area (Å²) in [7, 11) is 0. The Morgan fingerprint density at radius 3 is 2.55 bits per heavy atom. The van der Waals surface area contributed by atoms with E-state index in [1.54, 1.807) is 30.6 Å². The molecular formula is C23H20FN3O2. The largest absolute Gasteiger partial charge is 0.354 e. The molecule has 6 heteroatoms. The number of aromatic nitrogens is 2. The second-order valence-electron chi connectivity index (χ2n) is 7.75. The van der Waals surface area contributed by atoms with Crippen LogP contribution in [0.2, 0.25) is 0 Å². The number of para-hydroxylation sites is 1. The third-order valence-corrected chi connectivity index (χ3v) is 4.88. The van der Waals surface area contributed by atoms with Crippen LogP contribution in [0.1, 0.15) is 29.8 Å². The van der Waals surface area contributed by atoms with Gasteiger partial charge in [0.25, 0.3) is 5.91 Å². The zero-order valence-corrected chi connectivity index (χ0v) is 16.1. The van der Waals surface area contributed by atoms with Gasteiger partial charge in [0.05, 0.1) is 11.1 Å². The van der Waals surface area contributed by atoms with Crippen molar-refractivity contribution in [3.05, 3.63) is 88.1 Å². The van der Waals surface area contributed by atoms with Gasteiger partial charge in [0.2, 0.25) is 0 Å². The summed E-state index contributed by atoms with van der Waals surface area (Å²) in [5, 5.41) is 3.59. The van der Waals surface area contributed by atoms with Gasteiger partial charge in [-0.2, -0.15) is 0 Å². The topological polar surface area (TPSA) is 74.8 Å². The Balaban J connectivity index is 1.69. The summed E-state index contributed by atoms with van der Waals surface area (Å²) in [5.41, 5.74) is 1.11. The van der Waals surface area contributed by atoms with Crippen molar-refractivity contribution in [2.45, 2.75) is 25.8 Å². The molecule has 29 heavy (non-hydrogen) atoms. The fourth-order valence-corrected chi connectivity index (χ4v) is 3.55. The van der Waals surface area contributed by atoms with Crippen LogP contribution in [-0.4, -0.2) is 21.4 Å². The van der Waals surface area contributed by atoms with E-state index in [1.807, 2.05) is 32.0 Å². The quantitative estimate of drug-likeness (QED) is 0.519. The van der Waals surface area contributed by atoms with Crippen LogP contribution in [0.3, 0.4) is 0 Å². The van der Waals surface area contributed by atoms with Gasteiger partial charge in [0.1, 0.15) is 5.82 Å². The number of nitrogens with zero attached hydrogens (tertiary/aromatic N) is 1. The highest BCUT2D eigenvalue weighted by Gasteiger charge is 2.24. The third kappa shape index (κ3) is 3.74. The van der Waals surface area contributed by atoms with Crippen molar-refractivity contribution in [1.82, 2.24) is 15.3 Å². The van der Waals surface area contributed by atoms with E-state index in [-0.39, 0.29) is 16.4 Å².